The van der Waals surface area contributed by atoms with E-state index in [9.17, 15) is 22.5 Å². The van der Waals surface area contributed by atoms with Crippen molar-refractivity contribution in [2.75, 3.05) is 5.32 Å². The molecule has 1 amide bonds. The molecule has 1 rings (SSSR count). The van der Waals surface area contributed by atoms with Crippen molar-refractivity contribution in [2.24, 2.45) is 0 Å². The third-order valence-corrected chi connectivity index (χ3v) is 5.01. The van der Waals surface area contributed by atoms with E-state index in [1.54, 1.807) is 39.9 Å². The van der Waals surface area contributed by atoms with Crippen LogP contribution in [0.3, 0.4) is 0 Å². The molecule has 0 bridgehead atoms. The van der Waals surface area contributed by atoms with E-state index >= 15 is 0 Å². The molecule has 0 radical (unpaired) electrons. The van der Waals surface area contributed by atoms with Gasteiger partial charge < -0.3 is 14.4 Å². The molecule has 0 aromatic heterocycles. The van der Waals surface area contributed by atoms with Gasteiger partial charge in [0.05, 0.1) is 23.2 Å². The molecule has 0 saturated heterocycles. The molecule has 0 unspecified atom stereocenters. The molecule has 5 nitrogen and oxygen atoms in total. The van der Waals surface area contributed by atoms with Gasteiger partial charge in [0.1, 0.15) is 0 Å². The van der Waals surface area contributed by atoms with Crippen molar-refractivity contribution < 1.29 is 31.6 Å². The molecule has 0 saturated carbocycles. The van der Waals surface area contributed by atoms with E-state index in [4.69, 9.17) is 9.05 Å². The van der Waals surface area contributed by atoms with Crippen LogP contribution in [-0.2, 0) is 18.4 Å². The fourth-order valence-corrected chi connectivity index (χ4v) is 4.03. The number of anilines is 1. The molecule has 0 aliphatic rings. The number of hydrogen-bond acceptors (Lipinski definition) is 4. The third-order valence-electron chi connectivity index (χ3n) is 2.65. The number of aryl methyl sites for hydroxylation is 1. The van der Waals surface area contributed by atoms with Gasteiger partial charge in [0.2, 0.25) is 0 Å². The molecular formula is C15H21F3NO4P. The SMILES string of the molecule is Cc1ccc(NC(=O)C(F)(F)F)c(P(=O)(OC(C)C)OC(C)C)c1. The summed E-state index contributed by atoms with van der Waals surface area (Å²) in [6, 6.07) is 4.12. The van der Waals surface area contributed by atoms with Gasteiger partial charge in [-0.05, 0) is 46.8 Å². The van der Waals surface area contributed by atoms with E-state index in [0.29, 0.717) is 5.56 Å². The first-order chi connectivity index (χ1) is 10.8. The topological polar surface area (TPSA) is 64.6 Å². The minimum atomic E-state index is -5.07. The predicted molar refractivity (Wildman–Crippen MR) is 85.5 cm³/mol. The Morgan fingerprint density at radius 1 is 1.12 bits per heavy atom. The van der Waals surface area contributed by atoms with Crippen LogP contribution in [0, 0.1) is 6.92 Å². The van der Waals surface area contributed by atoms with Gasteiger partial charge in [-0.1, -0.05) is 11.6 Å². The van der Waals surface area contributed by atoms with Crippen molar-refractivity contribution in [1.29, 1.82) is 0 Å². The highest BCUT2D eigenvalue weighted by atomic mass is 31.2. The van der Waals surface area contributed by atoms with Gasteiger partial charge in [-0.15, -0.1) is 0 Å². The van der Waals surface area contributed by atoms with Gasteiger partial charge in [0.15, 0.2) is 0 Å². The molecule has 1 aromatic carbocycles. The standard InChI is InChI=1S/C15H21F3NO4P/c1-9(2)22-24(21,23-10(3)4)13-8-11(5)6-7-12(13)19-14(20)15(16,17)18/h6-10H,1-5H3,(H,19,20). The monoisotopic (exact) mass is 367 g/mol. The largest absolute Gasteiger partial charge is 0.471 e. The predicted octanol–water partition coefficient (Wildman–Crippen LogP) is 4.16. The van der Waals surface area contributed by atoms with Crippen LogP contribution in [0.1, 0.15) is 33.3 Å². The molecule has 0 aliphatic heterocycles. The molecule has 24 heavy (non-hydrogen) atoms. The summed E-state index contributed by atoms with van der Waals surface area (Å²) in [5.74, 6) is -2.16. The molecule has 0 spiro atoms. The summed E-state index contributed by atoms with van der Waals surface area (Å²) in [5, 5.41) is 1.62. The fraction of sp³-hybridized carbons (Fsp3) is 0.533. The van der Waals surface area contributed by atoms with Gasteiger partial charge in [0.25, 0.3) is 0 Å². The van der Waals surface area contributed by atoms with Crippen molar-refractivity contribution in [3.8, 4) is 0 Å². The quantitative estimate of drug-likeness (QED) is 0.767. The molecular weight excluding hydrogens is 346 g/mol. The lowest BCUT2D eigenvalue weighted by Gasteiger charge is -2.25. The summed E-state index contributed by atoms with van der Waals surface area (Å²) in [5.41, 5.74) is 0.377. The highest BCUT2D eigenvalue weighted by molar-refractivity contribution is 7.62. The van der Waals surface area contributed by atoms with Crippen LogP contribution in [0.25, 0.3) is 0 Å². The van der Waals surface area contributed by atoms with Crippen LogP contribution in [0.15, 0.2) is 18.2 Å². The Balaban J connectivity index is 3.39. The third kappa shape index (κ3) is 5.61. The van der Waals surface area contributed by atoms with E-state index in [1.165, 1.54) is 18.2 Å². The van der Waals surface area contributed by atoms with Crippen LogP contribution in [0.5, 0.6) is 0 Å². The Bertz CT molecular complexity index is 630. The maximum Gasteiger partial charge on any atom is 0.471 e. The maximum atomic E-state index is 13.2. The first kappa shape index (κ1) is 20.7. The second-order valence-corrected chi connectivity index (χ2v) is 7.68. The van der Waals surface area contributed by atoms with Crippen LogP contribution >= 0.6 is 7.60 Å². The number of nitrogens with one attached hydrogen (secondary N) is 1. The summed E-state index contributed by atoms with van der Waals surface area (Å²) < 4.78 is 61.5. The smallest absolute Gasteiger partial charge is 0.317 e. The Kier molecular flexibility index (Phi) is 6.61. The van der Waals surface area contributed by atoms with E-state index in [2.05, 4.69) is 0 Å². The van der Waals surface area contributed by atoms with Crippen LogP contribution < -0.4 is 10.6 Å². The Morgan fingerprint density at radius 2 is 1.62 bits per heavy atom. The van der Waals surface area contributed by atoms with Crippen molar-refractivity contribution in [2.45, 2.75) is 53.0 Å². The fourth-order valence-electron chi connectivity index (χ4n) is 1.86. The van der Waals surface area contributed by atoms with Crippen molar-refractivity contribution in [3.63, 3.8) is 0 Å². The van der Waals surface area contributed by atoms with Crippen LogP contribution in [-0.4, -0.2) is 24.3 Å². The molecule has 1 aromatic rings. The molecule has 9 heteroatoms. The zero-order chi connectivity index (χ0) is 18.7. The van der Waals surface area contributed by atoms with Gasteiger partial charge in [-0.2, -0.15) is 13.2 Å². The van der Waals surface area contributed by atoms with Crippen molar-refractivity contribution in [1.82, 2.24) is 0 Å². The summed E-state index contributed by atoms with van der Waals surface area (Å²) in [4.78, 5) is 11.2. The van der Waals surface area contributed by atoms with E-state index < -0.39 is 31.9 Å². The number of carbonyl (C=O) groups is 1. The van der Waals surface area contributed by atoms with Gasteiger partial charge >= 0.3 is 19.7 Å². The highest BCUT2D eigenvalue weighted by Gasteiger charge is 2.40. The van der Waals surface area contributed by atoms with Crippen LogP contribution in [0.2, 0.25) is 0 Å². The zero-order valence-corrected chi connectivity index (χ0v) is 15.0. The van der Waals surface area contributed by atoms with Gasteiger partial charge in [-0.25, -0.2) is 0 Å². The average molecular weight is 367 g/mol. The number of hydrogen-bond donors (Lipinski definition) is 1. The highest BCUT2D eigenvalue weighted by Crippen LogP contribution is 2.51. The molecule has 0 fully saturated rings. The lowest BCUT2D eigenvalue weighted by atomic mass is 10.2. The Hall–Kier alpha value is -1.37. The van der Waals surface area contributed by atoms with Crippen molar-refractivity contribution >= 4 is 24.5 Å². The Labute approximate surface area is 139 Å². The Morgan fingerprint density at radius 3 is 2.04 bits per heavy atom. The number of carbonyl (C=O) groups excluding carboxylic acids is 1. The first-order valence-corrected chi connectivity index (χ1v) is 8.85. The normalized spacial score (nSPS) is 12.8. The summed E-state index contributed by atoms with van der Waals surface area (Å²) >= 11 is 0. The minimum absolute atomic E-state index is 0.109. The van der Waals surface area contributed by atoms with E-state index in [0.717, 1.165) is 0 Å². The first-order valence-electron chi connectivity index (χ1n) is 7.31. The molecule has 1 N–H and O–H groups in total. The zero-order valence-electron chi connectivity index (χ0n) is 14.1. The van der Waals surface area contributed by atoms with E-state index in [1.807, 2.05) is 0 Å². The summed E-state index contributed by atoms with van der Waals surface area (Å²) in [7, 11) is -3.94. The lowest BCUT2D eigenvalue weighted by Crippen LogP contribution is -2.32. The summed E-state index contributed by atoms with van der Waals surface area (Å²) in [6.07, 6.45) is -6.06. The number of benzene rings is 1. The number of alkyl halides is 3. The summed E-state index contributed by atoms with van der Waals surface area (Å²) in [6.45, 7) is 8.17. The second-order valence-electron chi connectivity index (χ2n) is 5.78. The number of rotatable bonds is 6. The lowest BCUT2D eigenvalue weighted by molar-refractivity contribution is -0.167. The average Bonchev–Trinajstić information content (AvgIpc) is 2.37. The molecule has 136 valence electrons. The number of halogens is 3. The van der Waals surface area contributed by atoms with E-state index in [-0.39, 0.29) is 11.0 Å². The maximum absolute atomic E-state index is 13.2. The van der Waals surface area contributed by atoms with Crippen LogP contribution in [0.4, 0.5) is 18.9 Å². The van der Waals surface area contributed by atoms with Gasteiger partial charge in [-0.3, -0.25) is 9.36 Å². The number of amides is 1. The second kappa shape index (κ2) is 7.68. The van der Waals surface area contributed by atoms with Gasteiger partial charge in [0, 0.05) is 0 Å². The molecule has 0 atom stereocenters. The molecule has 0 heterocycles. The minimum Gasteiger partial charge on any atom is -0.317 e. The van der Waals surface area contributed by atoms with Crippen molar-refractivity contribution in [3.05, 3.63) is 23.8 Å². The molecule has 0 aliphatic carbocycles.